The highest BCUT2D eigenvalue weighted by molar-refractivity contribution is 5.79. The molecule has 0 radical (unpaired) electrons. The summed E-state index contributed by atoms with van der Waals surface area (Å²) in [4.78, 5) is 6.56. The van der Waals surface area contributed by atoms with Gasteiger partial charge < -0.3 is 4.90 Å². The Bertz CT molecular complexity index is 895. The van der Waals surface area contributed by atoms with Crippen molar-refractivity contribution in [2.45, 2.75) is 25.4 Å². The third kappa shape index (κ3) is 2.94. The summed E-state index contributed by atoms with van der Waals surface area (Å²) in [6.45, 7) is 1.82. The van der Waals surface area contributed by atoms with Crippen molar-refractivity contribution in [3.05, 3.63) is 48.4 Å². The first kappa shape index (κ1) is 15.9. The van der Waals surface area contributed by atoms with Gasteiger partial charge in [-0.3, -0.25) is 0 Å². The van der Waals surface area contributed by atoms with Crippen molar-refractivity contribution in [1.82, 2.24) is 14.6 Å². The lowest BCUT2D eigenvalue weighted by atomic mass is 10.0. The number of aromatic nitrogens is 3. The number of anilines is 1. The molecule has 7 heteroatoms. The standard InChI is InChI=1S/C18H17F3N4/c19-18(20,21)15-7-3-2-6-14(15)13-10-16-17(22-12-23-25(16)11-13)24-8-4-1-5-9-24/h2-3,6-7,10-12H,1,4-5,8-9H2. The fourth-order valence-electron chi connectivity index (χ4n) is 3.40. The lowest BCUT2D eigenvalue weighted by Gasteiger charge is -2.27. The molecule has 0 spiro atoms. The normalized spacial score (nSPS) is 15.7. The zero-order chi connectivity index (χ0) is 17.4. The second-order valence-electron chi connectivity index (χ2n) is 6.23. The summed E-state index contributed by atoms with van der Waals surface area (Å²) in [5.41, 5.74) is 0.742. The molecule has 0 saturated carbocycles. The molecule has 1 saturated heterocycles. The molecule has 0 aliphatic carbocycles. The number of hydrogen-bond donors (Lipinski definition) is 0. The first-order chi connectivity index (χ1) is 12.0. The Kier molecular flexibility index (Phi) is 3.86. The van der Waals surface area contributed by atoms with Gasteiger partial charge in [-0.25, -0.2) is 9.50 Å². The molecular formula is C18H17F3N4. The fourth-order valence-corrected chi connectivity index (χ4v) is 3.40. The second kappa shape index (κ2) is 6.06. The summed E-state index contributed by atoms with van der Waals surface area (Å²) in [6, 6.07) is 7.36. The maximum absolute atomic E-state index is 13.3. The highest BCUT2D eigenvalue weighted by Crippen LogP contribution is 2.38. The van der Waals surface area contributed by atoms with Crippen LogP contribution in [-0.4, -0.2) is 27.7 Å². The largest absolute Gasteiger partial charge is 0.417 e. The van der Waals surface area contributed by atoms with E-state index in [4.69, 9.17) is 0 Å². The van der Waals surface area contributed by atoms with E-state index in [0.717, 1.165) is 43.3 Å². The third-order valence-corrected chi connectivity index (χ3v) is 4.58. The minimum atomic E-state index is -4.40. The Morgan fingerprint density at radius 1 is 1.00 bits per heavy atom. The van der Waals surface area contributed by atoms with Crippen LogP contribution in [0.1, 0.15) is 24.8 Å². The van der Waals surface area contributed by atoms with E-state index < -0.39 is 11.7 Å². The summed E-state index contributed by atoms with van der Waals surface area (Å²) in [5, 5.41) is 4.17. The second-order valence-corrected chi connectivity index (χ2v) is 6.23. The monoisotopic (exact) mass is 346 g/mol. The fraction of sp³-hybridized carbons (Fsp3) is 0.333. The van der Waals surface area contributed by atoms with Gasteiger partial charge in [-0.15, -0.1) is 0 Å². The Morgan fingerprint density at radius 2 is 1.76 bits per heavy atom. The van der Waals surface area contributed by atoms with Crippen LogP contribution in [0.15, 0.2) is 42.9 Å². The van der Waals surface area contributed by atoms with E-state index in [2.05, 4.69) is 15.0 Å². The topological polar surface area (TPSA) is 33.4 Å². The average Bonchev–Trinajstić information content (AvgIpc) is 3.06. The average molecular weight is 346 g/mol. The molecule has 0 bridgehead atoms. The molecule has 0 unspecified atom stereocenters. The van der Waals surface area contributed by atoms with Crippen LogP contribution in [0.3, 0.4) is 0 Å². The molecule has 1 fully saturated rings. The van der Waals surface area contributed by atoms with Gasteiger partial charge in [-0.1, -0.05) is 18.2 Å². The zero-order valence-electron chi connectivity index (χ0n) is 13.5. The van der Waals surface area contributed by atoms with Crippen molar-refractivity contribution in [3.63, 3.8) is 0 Å². The smallest absolute Gasteiger partial charge is 0.355 e. The maximum atomic E-state index is 13.3. The molecule has 0 amide bonds. The van der Waals surface area contributed by atoms with E-state index in [1.165, 1.54) is 24.9 Å². The van der Waals surface area contributed by atoms with Crippen LogP contribution < -0.4 is 4.90 Å². The molecule has 130 valence electrons. The number of rotatable bonds is 2. The maximum Gasteiger partial charge on any atom is 0.417 e. The van der Waals surface area contributed by atoms with Crippen molar-refractivity contribution in [2.75, 3.05) is 18.0 Å². The van der Waals surface area contributed by atoms with E-state index >= 15 is 0 Å². The van der Waals surface area contributed by atoms with Gasteiger partial charge in [0, 0.05) is 24.8 Å². The lowest BCUT2D eigenvalue weighted by molar-refractivity contribution is -0.137. The summed E-state index contributed by atoms with van der Waals surface area (Å²) < 4.78 is 41.6. The number of benzene rings is 1. The molecule has 1 aliphatic heterocycles. The molecule has 0 atom stereocenters. The zero-order valence-corrected chi connectivity index (χ0v) is 13.5. The number of hydrogen-bond acceptors (Lipinski definition) is 3. The van der Waals surface area contributed by atoms with Gasteiger partial charge >= 0.3 is 6.18 Å². The Hall–Kier alpha value is -2.57. The van der Waals surface area contributed by atoms with Gasteiger partial charge in [0.25, 0.3) is 0 Å². The number of halogens is 3. The van der Waals surface area contributed by atoms with Crippen LogP contribution in [0.4, 0.5) is 19.0 Å². The van der Waals surface area contributed by atoms with Crippen LogP contribution in [0, 0.1) is 0 Å². The summed E-state index contributed by atoms with van der Waals surface area (Å²) in [7, 11) is 0. The van der Waals surface area contributed by atoms with E-state index in [-0.39, 0.29) is 5.56 Å². The molecule has 1 aliphatic rings. The molecule has 4 nitrogen and oxygen atoms in total. The Morgan fingerprint density at radius 3 is 2.52 bits per heavy atom. The quantitative estimate of drug-likeness (QED) is 0.689. The molecule has 0 N–H and O–H groups in total. The molecule has 3 heterocycles. The first-order valence-electron chi connectivity index (χ1n) is 8.29. The predicted octanol–water partition coefficient (Wildman–Crippen LogP) is 4.41. The van der Waals surface area contributed by atoms with Crippen LogP contribution in [0.25, 0.3) is 16.6 Å². The van der Waals surface area contributed by atoms with Gasteiger partial charge in [-0.05, 0) is 37.0 Å². The van der Waals surface area contributed by atoms with Crippen molar-refractivity contribution in [2.24, 2.45) is 0 Å². The predicted molar refractivity (Wildman–Crippen MR) is 89.5 cm³/mol. The minimum absolute atomic E-state index is 0.157. The van der Waals surface area contributed by atoms with Gasteiger partial charge in [0.05, 0.1) is 5.56 Å². The van der Waals surface area contributed by atoms with Crippen molar-refractivity contribution >= 4 is 11.3 Å². The van der Waals surface area contributed by atoms with Gasteiger partial charge in [0.15, 0.2) is 5.82 Å². The van der Waals surface area contributed by atoms with E-state index in [0.29, 0.717) is 5.56 Å². The van der Waals surface area contributed by atoms with Gasteiger partial charge in [0.1, 0.15) is 11.8 Å². The van der Waals surface area contributed by atoms with E-state index in [1.807, 2.05) is 0 Å². The molecule has 1 aromatic carbocycles. The summed E-state index contributed by atoms with van der Waals surface area (Å²) in [5.74, 6) is 0.783. The van der Waals surface area contributed by atoms with Crippen molar-refractivity contribution in [1.29, 1.82) is 0 Å². The van der Waals surface area contributed by atoms with Gasteiger partial charge in [0.2, 0.25) is 0 Å². The Balaban J connectivity index is 1.83. The third-order valence-electron chi connectivity index (χ3n) is 4.58. The minimum Gasteiger partial charge on any atom is -0.355 e. The molecular weight excluding hydrogens is 329 g/mol. The molecule has 3 aromatic rings. The van der Waals surface area contributed by atoms with Crippen LogP contribution in [-0.2, 0) is 6.18 Å². The number of alkyl halides is 3. The number of fused-ring (bicyclic) bond motifs is 1. The number of piperidine rings is 1. The summed E-state index contributed by atoms with van der Waals surface area (Å²) >= 11 is 0. The van der Waals surface area contributed by atoms with E-state index in [1.54, 1.807) is 22.8 Å². The lowest BCUT2D eigenvalue weighted by Crippen LogP contribution is -2.30. The SMILES string of the molecule is FC(F)(F)c1ccccc1-c1cc2c(N3CCCCC3)ncnn2c1. The Labute approximate surface area is 142 Å². The molecule has 25 heavy (non-hydrogen) atoms. The van der Waals surface area contributed by atoms with E-state index in [9.17, 15) is 13.2 Å². The highest BCUT2D eigenvalue weighted by atomic mass is 19.4. The highest BCUT2D eigenvalue weighted by Gasteiger charge is 2.33. The summed E-state index contributed by atoms with van der Waals surface area (Å²) in [6.07, 6.45) is 2.09. The van der Waals surface area contributed by atoms with Crippen LogP contribution in [0.5, 0.6) is 0 Å². The van der Waals surface area contributed by atoms with Crippen molar-refractivity contribution < 1.29 is 13.2 Å². The first-order valence-corrected chi connectivity index (χ1v) is 8.29. The molecule has 4 rings (SSSR count). The van der Waals surface area contributed by atoms with Gasteiger partial charge in [-0.2, -0.15) is 18.3 Å². The molecule has 2 aromatic heterocycles. The van der Waals surface area contributed by atoms with Crippen LogP contribution in [0.2, 0.25) is 0 Å². The van der Waals surface area contributed by atoms with Crippen LogP contribution >= 0.6 is 0 Å². The number of nitrogens with zero attached hydrogens (tertiary/aromatic N) is 4. The van der Waals surface area contributed by atoms with Crippen molar-refractivity contribution in [3.8, 4) is 11.1 Å².